The van der Waals surface area contributed by atoms with Gasteiger partial charge in [0.1, 0.15) is 0 Å². The maximum absolute atomic E-state index is 13.0. The zero-order valence-electron chi connectivity index (χ0n) is 17.6. The Labute approximate surface area is 182 Å². The summed E-state index contributed by atoms with van der Waals surface area (Å²) < 4.78 is 11.2. The number of hydrazone groups is 1. The topological polar surface area (TPSA) is 80.2 Å². The van der Waals surface area contributed by atoms with Crippen molar-refractivity contribution >= 4 is 12.1 Å². The van der Waals surface area contributed by atoms with E-state index in [1.165, 1.54) is 6.21 Å². The molecular weight excluding hydrogens is 392 g/mol. The lowest BCUT2D eigenvalue weighted by Crippen LogP contribution is -2.43. The van der Waals surface area contributed by atoms with Crippen molar-refractivity contribution in [3.05, 3.63) is 95.6 Å². The molecule has 3 rings (SSSR count). The molecule has 0 saturated carbocycles. The number of carbonyl (C=O) groups is 1. The van der Waals surface area contributed by atoms with Gasteiger partial charge < -0.3 is 14.6 Å². The Balaban J connectivity index is 1.83. The SMILES string of the molecule is CCOc1ccc(/C=N/NC(=O)C(O)(c2ccccc2)c2ccccc2)cc1OCC. The highest BCUT2D eigenvalue weighted by molar-refractivity contribution is 5.91. The van der Waals surface area contributed by atoms with E-state index in [2.05, 4.69) is 10.5 Å². The zero-order chi connectivity index (χ0) is 22.1. The van der Waals surface area contributed by atoms with Crippen molar-refractivity contribution in [3.8, 4) is 11.5 Å². The first-order valence-electron chi connectivity index (χ1n) is 10.2. The van der Waals surface area contributed by atoms with Gasteiger partial charge in [0.25, 0.3) is 5.91 Å². The summed E-state index contributed by atoms with van der Waals surface area (Å²) in [5, 5.41) is 15.5. The molecule has 0 bridgehead atoms. The number of aliphatic hydroxyl groups is 1. The van der Waals surface area contributed by atoms with Crippen LogP contribution in [0.25, 0.3) is 0 Å². The molecule has 6 nitrogen and oxygen atoms in total. The average Bonchev–Trinajstić information content (AvgIpc) is 2.81. The number of hydrogen-bond acceptors (Lipinski definition) is 5. The van der Waals surface area contributed by atoms with Gasteiger partial charge in [-0.15, -0.1) is 0 Å². The third kappa shape index (κ3) is 5.10. The second kappa shape index (κ2) is 10.4. The Hall–Kier alpha value is -3.64. The maximum atomic E-state index is 13.0. The first kappa shape index (κ1) is 22.1. The Kier molecular flexibility index (Phi) is 7.40. The number of rotatable bonds is 9. The van der Waals surface area contributed by atoms with E-state index in [1.807, 2.05) is 32.0 Å². The summed E-state index contributed by atoms with van der Waals surface area (Å²) in [6.07, 6.45) is 1.49. The molecule has 0 heterocycles. The van der Waals surface area contributed by atoms with E-state index in [-0.39, 0.29) is 0 Å². The third-order valence-corrected chi connectivity index (χ3v) is 4.66. The lowest BCUT2D eigenvalue weighted by molar-refractivity contribution is -0.136. The van der Waals surface area contributed by atoms with Crippen LogP contribution < -0.4 is 14.9 Å². The molecule has 3 aromatic rings. The highest BCUT2D eigenvalue weighted by Crippen LogP contribution is 2.30. The summed E-state index contributed by atoms with van der Waals surface area (Å²) in [4.78, 5) is 13.0. The number of nitrogens with zero attached hydrogens (tertiary/aromatic N) is 1. The number of carbonyl (C=O) groups excluding carboxylic acids is 1. The molecule has 6 heteroatoms. The molecule has 0 radical (unpaired) electrons. The van der Waals surface area contributed by atoms with Gasteiger partial charge in [-0.05, 0) is 48.7 Å². The zero-order valence-corrected chi connectivity index (χ0v) is 17.6. The molecule has 160 valence electrons. The number of hydrogen-bond donors (Lipinski definition) is 2. The normalized spacial score (nSPS) is 11.3. The molecule has 0 fully saturated rings. The van der Waals surface area contributed by atoms with Crippen LogP contribution in [-0.4, -0.2) is 30.4 Å². The molecule has 0 unspecified atom stereocenters. The van der Waals surface area contributed by atoms with Crippen molar-refractivity contribution in [1.82, 2.24) is 5.43 Å². The van der Waals surface area contributed by atoms with Crippen LogP contribution in [0.15, 0.2) is 84.0 Å². The Morgan fingerprint density at radius 3 is 2.00 bits per heavy atom. The summed E-state index contributed by atoms with van der Waals surface area (Å²) in [7, 11) is 0. The van der Waals surface area contributed by atoms with E-state index >= 15 is 0 Å². The molecule has 0 spiro atoms. The largest absolute Gasteiger partial charge is 0.490 e. The minimum atomic E-state index is -1.88. The van der Waals surface area contributed by atoms with Gasteiger partial charge in [-0.25, -0.2) is 5.43 Å². The maximum Gasteiger partial charge on any atom is 0.281 e. The van der Waals surface area contributed by atoms with Gasteiger partial charge >= 0.3 is 0 Å². The van der Waals surface area contributed by atoms with Crippen molar-refractivity contribution < 1.29 is 19.4 Å². The molecular formula is C25H26N2O4. The van der Waals surface area contributed by atoms with Crippen molar-refractivity contribution in [2.24, 2.45) is 5.10 Å². The molecule has 0 aromatic heterocycles. The summed E-state index contributed by atoms with van der Waals surface area (Å²) in [6.45, 7) is 4.83. The van der Waals surface area contributed by atoms with Crippen LogP contribution in [0.2, 0.25) is 0 Å². The molecule has 31 heavy (non-hydrogen) atoms. The molecule has 0 aliphatic rings. The first-order valence-corrected chi connectivity index (χ1v) is 10.2. The van der Waals surface area contributed by atoms with E-state index in [0.717, 1.165) is 5.56 Å². The van der Waals surface area contributed by atoms with E-state index in [1.54, 1.807) is 60.7 Å². The molecule has 3 aromatic carbocycles. The fourth-order valence-corrected chi connectivity index (χ4v) is 3.18. The van der Waals surface area contributed by atoms with Gasteiger partial charge in [0, 0.05) is 0 Å². The quantitative estimate of drug-likeness (QED) is 0.408. The average molecular weight is 418 g/mol. The summed E-state index contributed by atoms with van der Waals surface area (Å²) >= 11 is 0. The second-order valence-electron chi connectivity index (χ2n) is 6.71. The predicted octanol–water partition coefficient (Wildman–Crippen LogP) is 3.87. The van der Waals surface area contributed by atoms with Crippen molar-refractivity contribution in [1.29, 1.82) is 0 Å². The standard InChI is InChI=1S/C25H26N2O4/c1-3-30-22-16-15-19(17-23(22)31-4-2)18-26-27-24(28)25(29,20-11-7-5-8-12-20)21-13-9-6-10-14-21/h5-18,29H,3-4H2,1-2H3,(H,27,28)/b26-18+. The van der Waals surface area contributed by atoms with Gasteiger partial charge in [-0.3, -0.25) is 4.79 Å². The predicted molar refractivity (Wildman–Crippen MR) is 120 cm³/mol. The van der Waals surface area contributed by atoms with Gasteiger partial charge in [-0.1, -0.05) is 60.7 Å². The molecule has 0 saturated heterocycles. The Bertz CT molecular complexity index is 981. The Morgan fingerprint density at radius 1 is 0.903 bits per heavy atom. The van der Waals surface area contributed by atoms with Crippen LogP contribution in [0.5, 0.6) is 11.5 Å². The van der Waals surface area contributed by atoms with Crippen molar-refractivity contribution in [2.45, 2.75) is 19.4 Å². The number of ether oxygens (including phenoxy) is 2. The smallest absolute Gasteiger partial charge is 0.281 e. The molecule has 0 aliphatic heterocycles. The molecule has 2 N–H and O–H groups in total. The van der Waals surface area contributed by atoms with E-state index in [4.69, 9.17) is 9.47 Å². The fourth-order valence-electron chi connectivity index (χ4n) is 3.18. The third-order valence-electron chi connectivity index (χ3n) is 4.66. The Morgan fingerprint density at radius 2 is 1.45 bits per heavy atom. The molecule has 0 atom stereocenters. The number of nitrogens with one attached hydrogen (secondary N) is 1. The second-order valence-corrected chi connectivity index (χ2v) is 6.71. The summed E-state index contributed by atoms with van der Waals surface area (Å²) in [5.74, 6) is 0.592. The van der Waals surface area contributed by atoms with Gasteiger partial charge in [-0.2, -0.15) is 5.10 Å². The van der Waals surface area contributed by atoms with Gasteiger partial charge in [0.2, 0.25) is 0 Å². The van der Waals surface area contributed by atoms with Crippen LogP contribution in [0.4, 0.5) is 0 Å². The lowest BCUT2D eigenvalue weighted by atomic mass is 9.85. The number of amides is 1. The molecule has 1 amide bonds. The van der Waals surface area contributed by atoms with Crippen molar-refractivity contribution in [3.63, 3.8) is 0 Å². The summed E-state index contributed by atoms with van der Waals surface area (Å²) in [6, 6.07) is 23.0. The van der Waals surface area contributed by atoms with E-state index < -0.39 is 11.5 Å². The summed E-state index contributed by atoms with van der Waals surface area (Å²) in [5.41, 5.74) is 2.21. The van der Waals surface area contributed by atoms with Crippen LogP contribution >= 0.6 is 0 Å². The highest BCUT2D eigenvalue weighted by atomic mass is 16.5. The van der Waals surface area contributed by atoms with E-state index in [0.29, 0.717) is 35.8 Å². The minimum absolute atomic E-state index is 0.452. The van der Waals surface area contributed by atoms with Crippen LogP contribution in [0.1, 0.15) is 30.5 Å². The fraction of sp³-hybridized carbons (Fsp3) is 0.200. The lowest BCUT2D eigenvalue weighted by Gasteiger charge is -2.27. The van der Waals surface area contributed by atoms with Gasteiger partial charge in [0.15, 0.2) is 17.1 Å². The van der Waals surface area contributed by atoms with Crippen molar-refractivity contribution in [2.75, 3.05) is 13.2 Å². The van der Waals surface area contributed by atoms with Crippen LogP contribution in [0, 0.1) is 0 Å². The van der Waals surface area contributed by atoms with Crippen LogP contribution in [-0.2, 0) is 10.4 Å². The first-order chi connectivity index (χ1) is 15.1. The van der Waals surface area contributed by atoms with Gasteiger partial charge in [0.05, 0.1) is 19.4 Å². The van der Waals surface area contributed by atoms with Crippen LogP contribution in [0.3, 0.4) is 0 Å². The number of benzene rings is 3. The highest BCUT2D eigenvalue weighted by Gasteiger charge is 2.39. The molecule has 0 aliphatic carbocycles. The monoisotopic (exact) mass is 418 g/mol. The minimum Gasteiger partial charge on any atom is -0.490 e. The van der Waals surface area contributed by atoms with E-state index in [9.17, 15) is 9.90 Å².